The number of nitrogens with one attached hydrogen (secondary N) is 2. The molecule has 0 radical (unpaired) electrons. The highest BCUT2D eigenvalue weighted by atomic mass is 32.2. The van der Waals surface area contributed by atoms with Gasteiger partial charge in [0.15, 0.2) is 0 Å². The van der Waals surface area contributed by atoms with Crippen molar-refractivity contribution in [1.29, 1.82) is 0 Å². The Morgan fingerprint density at radius 1 is 1.21 bits per heavy atom. The minimum atomic E-state index is -5.38. The number of alkyl halides is 3. The van der Waals surface area contributed by atoms with E-state index in [4.69, 9.17) is 0 Å². The highest BCUT2D eigenvalue weighted by Gasteiger charge is 2.44. The van der Waals surface area contributed by atoms with Crippen LogP contribution in [0.2, 0.25) is 0 Å². The first-order valence-electron chi connectivity index (χ1n) is 9.53. The Balaban J connectivity index is 1.60. The van der Waals surface area contributed by atoms with E-state index in [-0.39, 0.29) is 10.2 Å². The molecule has 4 aromatic rings. The molecule has 0 fully saturated rings. The Kier molecular flexibility index (Phi) is 6.14. The monoisotopic (exact) mass is 512 g/mol. The standard InChI is InChI=1S/C19H15F3N6O4S2/c1-2-34(30,31)28(32-17(29)19(20,21)22)14-5-3-4-11(9-14)16-26-27-18(33-16)24-13-6-7-15-12(8-13)10-23-25-15/h3-10H,2H2,1H3,(H,23,25)(H,24,27). The molecule has 2 heterocycles. The van der Waals surface area contributed by atoms with Crippen LogP contribution >= 0.6 is 11.3 Å². The van der Waals surface area contributed by atoms with Gasteiger partial charge < -0.3 is 10.2 Å². The van der Waals surface area contributed by atoms with Crippen molar-refractivity contribution in [2.45, 2.75) is 13.1 Å². The smallest absolute Gasteiger partial charge is 0.330 e. The molecule has 0 spiro atoms. The Morgan fingerprint density at radius 3 is 2.74 bits per heavy atom. The summed E-state index contributed by atoms with van der Waals surface area (Å²) in [6.07, 6.45) is -3.71. The first-order valence-corrected chi connectivity index (χ1v) is 12.0. The maximum absolute atomic E-state index is 12.7. The third kappa shape index (κ3) is 4.94. The molecule has 0 aliphatic rings. The van der Waals surface area contributed by atoms with Gasteiger partial charge in [-0.3, -0.25) is 5.10 Å². The molecule has 10 nitrogen and oxygen atoms in total. The SMILES string of the molecule is CCS(=O)(=O)N(OC(=O)C(F)(F)F)c1cccc(-c2nnc(Nc3ccc4[nH]ncc4c3)s2)c1. The van der Waals surface area contributed by atoms with Crippen molar-refractivity contribution in [2.24, 2.45) is 0 Å². The maximum atomic E-state index is 12.7. The summed E-state index contributed by atoms with van der Waals surface area (Å²) in [7, 11) is -4.38. The van der Waals surface area contributed by atoms with Gasteiger partial charge in [0.1, 0.15) is 5.01 Å². The highest BCUT2D eigenvalue weighted by Crippen LogP contribution is 2.32. The molecule has 15 heteroatoms. The lowest BCUT2D eigenvalue weighted by molar-refractivity contribution is -0.199. The zero-order valence-electron chi connectivity index (χ0n) is 17.2. The Bertz CT molecular complexity index is 1450. The predicted molar refractivity (Wildman–Crippen MR) is 119 cm³/mol. The van der Waals surface area contributed by atoms with Crippen LogP contribution in [0.3, 0.4) is 0 Å². The zero-order chi connectivity index (χ0) is 24.5. The molecule has 0 amide bonds. The number of H-pyrrole nitrogens is 1. The van der Waals surface area contributed by atoms with E-state index in [0.29, 0.717) is 15.7 Å². The lowest BCUT2D eigenvalue weighted by Crippen LogP contribution is -2.39. The van der Waals surface area contributed by atoms with Gasteiger partial charge >= 0.3 is 12.1 Å². The number of hydrogen-bond donors (Lipinski definition) is 2. The second-order valence-corrected chi connectivity index (χ2v) is 9.81. The van der Waals surface area contributed by atoms with Gasteiger partial charge in [0, 0.05) is 16.6 Å². The summed E-state index contributed by atoms with van der Waals surface area (Å²) in [4.78, 5) is 15.5. The van der Waals surface area contributed by atoms with Crippen molar-refractivity contribution in [3.8, 4) is 10.6 Å². The van der Waals surface area contributed by atoms with E-state index in [9.17, 15) is 26.4 Å². The Hall–Kier alpha value is -3.72. The van der Waals surface area contributed by atoms with Crippen molar-refractivity contribution in [2.75, 3.05) is 15.5 Å². The number of halogens is 3. The molecule has 2 aromatic heterocycles. The van der Waals surface area contributed by atoms with E-state index in [1.807, 2.05) is 18.2 Å². The van der Waals surface area contributed by atoms with Crippen LogP contribution in [0.15, 0.2) is 48.7 Å². The summed E-state index contributed by atoms with van der Waals surface area (Å²) in [6, 6.07) is 10.9. The summed E-state index contributed by atoms with van der Waals surface area (Å²) in [5.41, 5.74) is 1.64. The second kappa shape index (κ2) is 8.90. The Labute approximate surface area is 194 Å². The minimum Gasteiger partial charge on any atom is -0.330 e. The van der Waals surface area contributed by atoms with E-state index in [0.717, 1.165) is 27.9 Å². The first kappa shape index (κ1) is 23.4. The summed E-state index contributed by atoms with van der Waals surface area (Å²) >= 11 is 1.13. The number of carbonyl (C=O) groups excluding carboxylic acids is 1. The summed E-state index contributed by atoms with van der Waals surface area (Å²) < 4.78 is 62.7. The normalized spacial score (nSPS) is 12.0. The number of anilines is 3. The maximum Gasteiger partial charge on any atom is 0.493 e. The number of aromatic amines is 1. The van der Waals surface area contributed by atoms with Crippen LogP contribution in [-0.4, -0.2) is 46.7 Å². The molecule has 0 aliphatic carbocycles. The third-order valence-corrected chi connectivity index (χ3v) is 6.84. The van der Waals surface area contributed by atoms with E-state index in [2.05, 4.69) is 30.5 Å². The summed E-state index contributed by atoms with van der Waals surface area (Å²) in [5.74, 6) is -3.26. The van der Waals surface area contributed by atoms with Crippen LogP contribution in [0, 0.1) is 0 Å². The molecule has 0 saturated carbocycles. The molecule has 0 aliphatic heterocycles. The number of carbonyl (C=O) groups is 1. The number of rotatable bonds is 7. The van der Waals surface area contributed by atoms with Crippen LogP contribution in [0.1, 0.15) is 6.92 Å². The van der Waals surface area contributed by atoms with Gasteiger partial charge in [-0.05, 0) is 37.3 Å². The first-order chi connectivity index (χ1) is 16.1. The number of benzene rings is 2. The van der Waals surface area contributed by atoms with Crippen molar-refractivity contribution in [1.82, 2.24) is 20.4 Å². The average Bonchev–Trinajstić information content (AvgIpc) is 3.46. The molecule has 0 unspecified atom stereocenters. The predicted octanol–water partition coefficient (Wildman–Crippen LogP) is 4.00. The fourth-order valence-corrected chi connectivity index (χ4v) is 4.41. The summed E-state index contributed by atoms with van der Waals surface area (Å²) in [5, 5.41) is 19.6. The van der Waals surface area contributed by atoms with Gasteiger partial charge in [-0.1, -0.05) is 27.9 Å². The van der Waals surface area contributed by atoms with Crippen molar-refractivity contribution < 1.29 is 31.2 Å². The van der Waals surface area contributed by atoms with Crippen molar-refractivity contribution in [3.05, 3.63) is 48.7 Å². The van der Waals surface area contributed by atoms with Crippen LogP contribution in [0.4, 0.5) is 29.7 Å². The molecule has 2 N–H and O–H groups in total. The third-order valence-electron chi connectivity index (χ3n) is 4.44. The number of fused-ring (bicyclic) bond motifs is 1. The van der Waals surface area contributed by atoms with Gasteiger partial charge in [0.2, 0.25) is 5.13 Å². The molecule has 178 valence electrons. The molecule has 4 rings (SSSR count). The van der Waals surface area contributed by atoms with Crippen molar-refractivity contribution in [3.63, 3.8) is 0 Å². The van der Waals surface area contributed by atoms with E-state index >= 15 is 0 Å². The molecular formula is C19H15F3N6O4S2. The average molecular weight is 512 g/mol. The number of sulfonamides is 1. The van der Waals surface area contributed by atoms with Crippen LogP contribution in [-0.2, 0) is 19.7 Å². The highest BCUT2D eigenvalue weighted by molar-refractivity contribution is 7.92. The van der Waals surface area contributed by atoms with E-state index in [1.165, 1.54) is 25.1 Å². The quantitative estimate of drug-likeness (QED) is 0.356. The second-order valence-electron chi connectivity index (χ2n) is 6.76. The van der Waals surface area contributed by atoms with Crippen LogP contribution in [0.5, 0.6) is 0 Å². The van der Waals surface area contributed by atoms with Gasteiger partial charge in [0.05, 0.1) is 23.2 Å². The zero-order valence-corrected chi connectivity index (χ0v) is 18.8. The van der Waals surface area contributed by atoms with Crippen LogP contribution < -0.4 is 9.79 Å². The molecule has 0 bridgehead atoms. The lowest BCUT2D eigenvalue weighted by Gasteiger charge is -2.22. The largest absolute Gasteiger partial charge is 0.493 e. The number of hydrogen-bond acceptors (Lipinski definition) is 9. The van der Waals surface area contributed by atoms with Crippen LogP contribution in [0.25, 0.3) is 21.5 Å². The van der Waals surface area contributed by atoms with Crippen molar-refractivity contribution >= 4 is 54.7 Å². The molecule has 34 heavy (non-hydrogen) atoms. The minimum absolute atomic E-state index is 0.0351. The summed E-state index contributed by atoms with van der Waals surface area (Å²) in [6.45, 7) is 1.21. The number of aromatic nitrogens is 4. The molecule has 0 atom stereocenters. The van der Waals surface area contributed by atoms with E-state index in [1.54, 1.807) is 12.3 Å². The molecule has 2 aromatic carbocycles. The fourth-order valence-electron chi connectivity index (χ4n) is 2.80. The lowest BCUT2D eigenvalue weighted by atomic mass is 10.2. The van der Waals surface area contributed by atoms with E-state index < -0.39 is 27.9 Å². The topological polar surface area (TPSA) is 130 Å². The van der Waals surface area contributed by atoms with Gasteiger partial charge in [-0.15, -0.1) is 10.2 Å². The van der Waals surface area contributed by atoms with Gasteiger partial charge in [0.25, 0.3) is 10.0 Å². The number of nitrogens with zero attached hydrogens (tertiary/aromatic N) is 4. The molecular weight excluding hydrogens is 497 g/mol. The van der Waals surface area contributed by atoms with Gasteiger partial charge in [-0.2, -0.15) is 18.3 Å². The van der Waals surface area contributed by atoms with Gasteiger partial charge in [-0.25, -0.2) is 13.2 Å². The Morgan fingerprint density at radius 2 is 2.00 bits per heavy atom. The molecule has 0 saturated heterocycles. The fraction of sp³-hybridized carbons (Fsp3) is 0.158.